The Bertz CT molecular complexity index is 444. The summed E-state index contributed by atoms with van der Waals surface area (Å²) in [4.78, 5) is 11.8. The topological polar surface area (TPSA) is 65.6 Å². The first kappa shape index (κ1) is 12.1. The van der Waals surface area contributed by atoms with E-state index in [0.717, 1.165) is 43.0 Å². The van der Waals surface area contributed by atoms with Crippen molar-refractivity contribution in [3.05, 3.63) is 18.3 Å². The van der Waals surface area contributed by atoms with Crippen molar-refractivity contribution in [2.75, 3.05) is 18.4 Å². The van der Waals surface area contributed by atoms with Gasteiger partial charge in [0.1, 0.15) is 0 Å². The van der Waals surface area contributed by atoms with E-state index < -0.39 is 0 Å². The Morgan fingerprint density at radius 1 is 1.29 bits per heavy atom. The predicted molar refractivity (Wildman–Crippen MR) is 70.7 cm³/mol. The zero-order valence-corrected chi connectivity index (χ0v) is 10.3. The number of halogens is 1. The Kier molecular flexibility index (Phi) is 3.81. The van der Waals surface area contributed by atoms with Crippen LogP contribution in [0.25, 0.3) is 11.2 Å². The third kappa shape index (κ3) is 2.68. The third-order valence-electron chi connectivity index (χ3n) is 2.94. The minimum absolute atomic E-state index is 0. The van der Waals surface area contributed by atoms with Gasteiger partial charge >= 0.3 is 0 Å². The lowest BCUT2D eigenvalue weighted by Crippen LogP contribution is -2.35. The van der Waals surface area contributed by atoms with Crippen molar-refractivity contribution >= 4 is 29.5 Å². The lowest BCUT2D eigenvalue weighted by Gasteiger charge is -2.23. The van der Waals surface area contributed by atoms with E-state index >= 15 is 0 Å². The number of aromatic amines is 1. The molecule has 3 N–H and O–H groups in total. The van der Waals surface area contributed by atoms with Crippen molar-refractivity contribution in [3.63, 3.8) is 0 Å². The fraction of sp³-hybridized carbons (Fsp3) is 0.455. The van der Waals surface area contributed by atoms with Gasteiger partial charge in [0.2, 0.25) is 5.95 Å². The molecule has 0 aromatic carbocycles. The molecule has 2 aromatic rings. The number of anilines is 1. The zero-order valence-electron chi connectivity index (χ0n) is 9.44. The van der Waals surface area contributed by atoms with Crippen LogP contribution in [0.15, 0.2) is 18.3 Å². The summed E-state index contributed by atoms with van der Waals surface area (Å²) in [6, 6.07) is 4.42. The van der Waals surface area contributed by atoms with Gasteiger partial charge in [-0.1, -0.05) is 0 Å². The number of pyridine rings is 1. The predicted octanol–water partition coefficient (Wildman–Crippen LogP) is 1.54. The lowest BCUT2D eigenvalue weighted by atomic mass is 10.1. The summed E-state index contributed by atoms with van der Waals surface area (Å²) >= 11 is 0. The molecule has 17 heavy (non-hydrogen) atoms. The molecule has 3 heterocycles. The smallest absolute Gasteiger partial charge is 0.202 e. The van der Waals surface area contributed by atoms with E-state index in [9.17, 15) is 0 Å². The molecule has 0 radical (unpaired) electrons. The van der Waals surface area contributed by atoms with Crippen LogP contribution < -0.4 is 10.6 Å². The summed E-state index contributed by atoms with van der Waals surface area (Å²) in [6.07, 6.45) is 4.05. The number of fused-ring (bicyclic) bond motifs is 1. The van der Waals surface area contributed by atoms with E-state index in [2.05, 4.69) is 25.6 Å². The lowest BCUT2D eigenvalue weighted by molar-refractivity contribution is 0.477. The largest absolute Gasteiger partial charge is 0.353 e. The molecular weight excluding hydrogens is 238 g/mol. The van der Waals surface area contributed by atoms with Gasteiger partial charge < -0.3 is 15.6 Å². The van der Waals surface area contributed by atoms with Crippen molar-refractivity contribution in [2.24, 2.45) is 0 Å². The Hall–Kier alpha value is -1.33. The van der Waals surface area contributed by atoms with E-state index in [0.29, 0.717) is 6.04 Å². The summed E-state index contributed by atoms with van der Waals surface area (Å²) < 4.78 is 0. The number of nitrogens with zero attached hydrogens (tertiary/aromatic N) is 2. The molecule has 92 valence electrons. The molecule has 5 nitrogen and oxygen atoms in total. The van der Waals surface area contributed by atoms with E-state index in [4.69, 9.17) is 0 Å². The van der Waals surface area contributed by atoms with Gasteiger partial charge in [0.15, 0.2) is 5.65 Å². The minimum Gasteiger partial charge on any atom is -0.353 e. The molecule has 0 atom stereocenters. The zero-order chi connectivity index (χ0) is 10.8. The van der Waals surface area contributed by atoms with E-state index in [1.807, 2.05) is 12.1 Å². The highest BCUT2D eigenvalue weighted by molar-refractivity contribution is 5.85. The summed E-state index contributed by atoms with van der Waals surface area (Å²) in [5, 5.41) is 6.77. The van der Waals surface area contributed by atoms with Gasteiger partial charge in [-0.15, -0.1) is 12.4 Å². The van der Waals surface area contributed by atoms with Gasteiger partial charge in [-0.3, -0.25) is 0 Å². The maximum Gasteiger partial charge on any atom is 0.202 e. The summed E-state index contributed by atoms with van der Waals surface area (Å²) in [6.45, 7) is 2.16. The first-order chi connectivity index (χ1) is 7.92. The monoisotopic (exact) mass is 253 g/mol. The van der Waals surface area contributed by atoms with Gasteiger partial charge in [0, 0.05) is 12.2 Å². The maximum atomic E-state index is 4.41. The first-order valence-electron chi connectivity index (χ1n) is 5.70. The van der Waals surface area contributed by atoms with Crippen LogP contribution in [0.4, 0.5) is 5.95 Å². The molecule has 6 heteroatoms. The van der Waals surface area contributed by atoms with Crippen LogP contribution >= 0.6 is 12.4 Å². The summed E-state index contributed by atoms with van der Waals surface area (Å²) in [5.41, 5.74) is 1.76. The highest BCUT2D eigenvalue weighted by Gasteiger charge is 2.14. The van der Waals surface area contributed by atoms with Crippen molar-refractivity contribution in [1.29, 1.82) is 0 Å². The molecule has 0 amide bonds. The third-order valence-corrected chi connectivity index (χ3v) is 2.94. The molecule has 1 fully saturated rings. The van der Waals surface area contributed by atoms with Crippen molar-refractivity contribution in [1.82, 2.24) is 20.3 Å². The second-order valence-electron chi connectivity index (χ2n) is 4.13. The molecule has 3 rings (SSSR count). The Labute approximate surface area is 106 Å². The highest BCUT2D eigenvalue weighted by atomic mass is 35.5. The minimum atomic E-state index is 0. The number of hydrogen-bond acceptors (Lipinski definition) is 4. The second-order valence-corrected chi connectivity index (χ2v) is 4.13. The van der Waals surface area contributed by atoms with Gasteiger partial charge in [-0.2, -0.15) is 4.98 Å². The molecule has 0 spiro atoms. The summed E-state index contributed by atoms with van der Waals surface area (Å²) in [7, 11) is 0. The van der Waals surface area contributed by atoms with E-state index in [-0.39, 0.29) is 12.4 Å². The van der Waals surface area contributed by atoms with Crippen LogP contribution in [-0.4, -0.2) is 34.1 Å². The molecule has 1 aliphatic heterocycles. The molecule has 0 bridgehead atoms. The maximum absolute atomic E-state index is 4.41. The Morgan fingerprint density at radius 3 is 2.88 bits per heavy atom. The standard InChI is InChI=1S/C11H15N5.ClH/c1-2-9-10(13-5-1)16-11(15-9)14-8-3-6-12-7-4-8;/h1-2,5,8,12H,3-4,6-7H2,(H2,13,14,15,16);1H. The van der Waals surface area contributed by atoms with Gasteiger partial charge in [-0.05, 0) is 38.1 Å². The number of nitrogens with one attached hydrogen (secondary N) is 3. The average Bonchev–Trinajstić information content (AvgIpc) is 2.72. The number of imidazole rings is 1. The van der Waals surface area contributed by atoms with Gasteiger partial charge in [0.05, 0.1) is 5.52 Å². The number of H-pyrrole nitrogens is 1. The van der Waals surface area contributed by atoms with Crippen molar-refractivity contribution in [2.45, 2.75) is 18.9 Å². The fourth-order valence-electron chi connectivity index (χ4n) is 2.07. The van der Waals surface area contributed by atoms with Crippen LogP contribution in [0.3, 0.4) is 0 Å². The highest BCUT2D eigenvalue weighted by Crippen LogP contribution is 2.14. The quantitative estimate of drug-likeness (QED) is 0.760. The SMILES string of the molecule is Cl.c1cnc2nc(NC3CCNCC3)[nH]c2c1. The second kappa shape index (κ2) is 5.33. The Morgan fingerprint density at radius 2 is 2.12 bits per heavy atom. The van der Waals surface area contributed by atoms with Crippen LogP contribution in [0.2, 0.25) is 0 Å². The molecule has 0 saturated carbocycles. The van der Waals surface area contributed by atoms with Crippen LogP contribution in [0, 0.1) is 0 Å². The van der Waals surface area contributed by atoms with Crippen LogP contribution in [0.5, 0.6) is 0 Å². The van der Waals surface area contributed by atoms with Crippen molar-refractivity contribution < 1.29 is 0 Å². The molecule has 1 aliphatic rings. The fourth-order valence-corrected chi connectivity index (χ4v) is 2.07. The average molecular weight is 254 g/mol. The normalized spacial score (nSPS) is 16.7. The number of piperidine rings is 1. The van der Waals surface area contributed by atoms with E-state index in [1.54, 1.807) is 6.20 Å². The summed E-state index contributed by atoms with van der Waals surface area (Å²) in [5.74, 6) is 0.834. The Balaban J connectivity index is 0.00000108. The van der Waals surface area contributed by atoms with Crippen molar-refractivity contribution in [3.8, 4) is 0 Å². The number of aromatic nitrogens is 3. The molecular formula is C11H16ClN5. The molecule has 1 saturated heterocycles. The molecule has 0 unspecified atom stereocenters. The van der Waals surface area contributed by atoms with Gasteiger partial charge in [-0.25, -0.2) is 4.98 Å². The van der Waals surface area contributed by atoms with Crippen LogP contribution in [0.1, 0.15) is 12.8 Å². The number of rotatable bonds is 2. The van der Waals surface area contributed by atoms with Crippen LogP contribution in [-0.2, 0) is 0 Å². The molecule has 0 aliphatic carbocycles. The molecule has 2 aromatic heterocycles. The van der Waals surface area contributed by atoms with Gasteiger partial charge in [0.25, 0.3) is 0 Å². The van der Waals surface area contributed by atoms with E-state index in [1.165, 1.54) is 0 Å². The first-order valence-corrected chi connectivity index (χ1v) is 5.70. The number of hydrogen-bond donors (Lipinski definition) is 3.